The van der Waals surface area contributed by atoms with Gasteiger partial charge in [-0.25, -0.2) is 0 Å². The molecule has 0 amide bonds. The van der Waals surface area contributed by atoms with Crippen LogP contribution in [-0.4, -0.2) is 42.2 Å². The fourth-order valence-corrected chi connectivity index (χ4v) is 4.22. The largest absolute Gasteiger partial charge is 0.387 e. The summed E-state index contributed by atoms with van der Waals surface area (Å²) in [4.78, 5) is 5.03. The Kier molecular flexibility index (Phi) is 7.78. The minimum Gasteiger partial charge on any atom is -0.387 e. The Bertz CT molecular complexity index is 683. The molecule has 142 valence electrons. The number of hydrogen-bond acceptors (Lipinski definition) is 3. The molecule has 2 heterocycles. The van der Waals surface area contributed by atoms with Crippen LogP contribution in [0, 0.1) is 0 Å². The molecule has 0 spiro atoms. The standard InChI is InChI=1S/C21H26N2O.2ClH/c24-21(18-8-2-1-3-9-18)16-22-13-6-10-19(15-22)23-14-12-17-7-4-5-11-20(17)23;;/h1-5,7-9,11,19,21,24H,6,10,12-16H2;2*1H. The number of rotatable bonds is 4. The van der Waals surface area contributed by atoms with Crippen molar-refractivity contribution in [2.75, 3.05) is 31.1 Å². The number of nitrogens with zero attached hydrogens (tertiary/aromatic N) is 2. The highest BCUT2D eigenvalue weighted by Gasteiger charge is 2.30. The van der Waals surface area contributed by atoms with Crippen molar-refractivity contribution in [3.05, 3.63) is 65.7 Å². The number of likely N-dealkylation sites (tertiary alicyclic amines) is 1. The fraction of sp³-hybridized carbons (Fsp3) is 0.429. The molecule has 0 radical (unpaired) electrons. The van der Waals surface area contributed by atoms with E-state index in [4.69, 9.17) is 0 Å². The third kappa shape index (κ3) is 4.52. The molecule has 0 aromatic heterocycles. The van der Waals surface area contributed by atoms with Crippen LogP contribution < -0.4 is 4.90 Å². The van der Waals surface area contributed by atoms with Crippen molar-refractivity contribution >= 4 is 30.5 Å². The molecular formula is C21H28Cl2N2O. The number of piperidine rings is 1. The lowest BCUT2D eigenvalue weighted by molar-refractivity contribution is 0.0952. The van der Waals surface area contributed by atoms with Crippen LogP contribution in [0.3, 0.4) is 0 Å². The van der Waals surface area contributed by atoms with Crippen molar-refractivity contribution in [3.8, 4) is 0 Å². The van der Waals surface area contributed by atoms with Crippen LogP contribution in [0.5, 0.6) is 0 Å². The minimum absolute atomic E-state index is 0. The maximum Gasteiger partial charge on any atom is 0.0916 e. The monoisotopic (exact) mass is 394 g/mol. The van der Waals surface area contributed by atoms with Gasteiger partial charge in [0.15, 0.2) is 0 Å². The number of halogens is 2. The Morgan fingerprint density at radius 1 is 0.962 bits per heavy atom. The van der Waals surface area contributed by atoms with Gasteiger partial charge in [0, 0.05) is 31.4 Å². The summed E-state index contributed by atoms with van der Waals surface area (Å²) < 4.78 is 0. The van der Waals surface area contributed by atoms with Gasteiger partial charge >= 0.3 is 0 Å². The highest BCUT2D eigenvalue weighted by molar-refractivity contribution is 5.85. The van der Waals surface area contributed by atoms with Gasteiger partial charge in [-0.2, -0.15) is 0 Å². The third-order valence-electron chi connectivity index (χ3n) is 5.46. The minimum atomic E-state index is -0.393. The summed E-state index contributed by atoms with van der Waals surface area (Å²) in [5, 5.41) is 10.5. The number of β-amino-alcohol motifs (C(OH)–C–C–N with tert-alkyl or cyclic N) is 1. The first kappa shape index (κ1) is 21.0. The fourth-order valence-electron chi connectivity index (χ4n) is 4.22. The van der Waals surface area contributed by atoms with Gasteiger partial charge in [-0.05, 0) is 43.0 Å². The number of para-hydroxylation sites is 1. The van der Waals surface area contributed by atoms with Crippen molar-refractivity contribution in [1.82, 2.24) is 4.90 Å². The molecule has 1 saturated heterocycles. The van der Waals surface area contributed by atoms with E-state index in [0.29, 0.717) is 6.04 Å². The van der Waals surface area contributed by atoms with Crippen LogP contribution in [0.2, 0.25) is 0 Å². The molecule has 2 aliphatic heterocycles. The molecule has 26 heavy (non-hydrogen) atoms. The van der Waals surface area contributed by atoms with Gasteiger partial charge in [-0.1, -0.05) is 48.5 Å². The predicted octanol–water partition coefficient (Wildman–Crippen LogP) is 4.09. The number of aliphatic hydroxyl groups excluding tert-OH is 1. The van der Waals surface area contributed by atoms with E-state index in [1.807, 2.05) is 30.3 Å². The first-order valence-electron chi connectivity index (χ1n) is 9.11. The molecule has 0 bridgehead atoms. The van der Waals surface area contributed by atoms with Crippen molar-refractivity contribution in [2.45, 2.75) is 31.4 Å². The van der Waals surface area contributed by atoms with E-state index in [2.05, 4.69) is 34.1 Å². The average molecular weight is 395 g/mol. The summed E-state index contributed by atoms with van der Waals surface area (Å²) in [5.74, 6) is 0. The lowest BCUT2D eigenvalue weighted by Gasteiger charge is -2.39. The molecule has 5 heteroatoms. The SMILES string of the molecule is Cl.Cl.OC(CN1CCCC(N2CCc3ccccc32)C1)c1ccccc1. The second kappa shape index (κ2) is 9.61. The second-order valence-electron chi connectivity index (χ2n) is 7.05. The highest BCUT2D eigenvalue weighted by Crippen LogP contribution is 2.32. The molecule has 0 saturated carbocycles. The smallest absolute Gasteiger partial charge is 0.0916 e. The van der Waals surface area contributed by atoms with Crippen LogP contribution in [0.1, 0.15) is 30.1 Å². The zero-order chi connectivity index (χ0) is 16.4. The summed E-state index contributed by atoms with van der Waals surface area (Å²) in [6, 6.07) is 19.4. The molecular weight excluding hydrogens is 367 g/mol. The van der Waals surface area contributed by atoms with Crippen LogP contribution in [0.4, 0.5) is 5.69 Å². The van der Waals surface area contributed by atoms with Crippen LogP contribution >= 0.6 is 24.8 Å². The Morgan fingerprint density at radius 2 is 1.69 bits per heavy atom. The molecule has 1 N–H and O–H groups in total. The average Bonchev–Trinajstić information content (AvgIpc) is 3.07. The van der Waals surface area contributed by atoms with E-state index < -0.39 is 6.10 Å². The van der Waals surface area contributed by atoms with Gasteiger partial charge in [0.1, 0.15) is 0 Å². The summed E-state index contributed by atoms with van der Waals surface area (Å²) in [6.45, 7) is 4.02. The molecule has 2 aliphatic rings. The molecule has 4 rings (SSSR count). The third-order valence-corrected chi connectivity index (χ3v) is 5.46. The molecule has 2 aromatic carbocycles. The Hall–Kier alpha value is -1.26. The second-order valence-corrected chi connectivity index (χ2v) is 7.05. The van der Waals surface area contributed by atoms with E-state index >= 15 is 0 Å². The zero-order valence-electron chi connectivity index (χ0n) is 15.0. The number of aliphatic hydroxyl groups is 1. The van der Waals surface area contributed by atoms with Gasteiger partial charge in [0.2, 0.25) is 0 Å². The van der Waals surface area contributed by atoms with Gasteiger partial charge in [0.25, 0.3) is 0 Å². The quantitative estimate of drug-likeness (QED) is 0.845. The zero-order valence-corrected chi connectivity index (χ0v) is 16.6. The predicted molar refractivity (Wildman–Crippen MR) is 113 cm³/mol. The van der Waals surface area contributed by atoms with Crippen LogP contribution in [-0.2, 0) is 6.42 Å². The van der Waals surface area contributed by atoms with Crippen molar-refractivity contribution in [1.29, 1.82) is 0 Å². The lowest BCUT2D eigenvalue weighted by Crippen LogP contribution is -2.48. The number of benzene rings is 2. The lowest BCUT2D eigenvalue weighted by atomic mass is 10.0. The molecule has 2 aromatic rings. The van der Waals surface area contributed by atoms with Gasteiger partial charge < -0.3 is 10.0 Å². The Balaban J connectivity index is 0.00000121. The Labute approximate surface area is 168 Å². The van der Waals surface area contributed by atoms with Gasteiger partial charge in [-0.15, -0.1) is 24.8 Å². The first-order chi connectivity index (χ1) is 11.8. The van der Waals surface area contributed by atoms with Crippen molar-refractivity contribution < 1.29 is 5.11 Å². The van der Waals surface area contributed by atoms with E-state index in [9.17, 15) is 5.11 Å². The Morgan fingerprint density at radius 3 is 2.50 bits per heavy atom. The number of anilines is 1. The normalized spacial score (nSPS) is 20.7. The van der Waals surface area contributed by atoms with Gasteiger partial charge in [-0.3, -0.25) is 4.90 Å². The highest BCUT2D eigenvalue weighted by atomic mass is 35.5. The summed E-state index contributed by atoms with van der Waals surface area (Å²) in [6.07, 6.45) is 3.24. The molecule has 0 aliphatic carbocycles. The number of fused-ring (bicyclic) bond motifs is 1. The summed E-state index contributed by atoms with van der Waals surface area (Å²) >= 11 is 0. The van der Waals surface area contributed by atoms with E-state index in [0.717, 1.165) is 31.7 Å². The molecule has 2 atom stereocenters. The van der Waals surface area contributed by atoms with Crippen molar-refractivity contribution in [3.63, 3.8) is 0 Å². The topological polar surface area (TPSA) is 26.7 Å². The van der Waals surface area contributed by atoms with Gasteiger partial charge in [0.05, 0.1) is 6.10 Å². The summed E-state index contributed by atoms with van der Waals surface area (Å²) in [5.41, 5.74) is 3.93. The van der Waals surface area contributed by atoms with Crippen LogP contribution in [0.15, 0.2) is 54.6 Å². The number of hydrogen-bond donors (Lipinski definition) is 1. The molecule has 3 nitrogen and oxygen atoms in total. The summed E-state index contributed by atoms with van der Waals surface area (Å²) in [7, 11) is 0. The maximum absolute atomic E-state index is 10.5. The first-order valence-corrected chi connectivity index (χ1v) is 9.11. The van der Waals surface area contributed by atoms with Crippen LogP contribution in [0.25, 0.3) is 0 Å². The van der Waals surface area contributed by atoms with E-state index in [-0.39, 0.29) is 24.8 Å². The van der Waals surface area contributed by atoms with Crippen molar-refractivity contribution in [2.24, 2.45) is 0 Å². The van der Waals surface area contributed by atoms with E-state index in [1.54, 1.807) is 0 Å². The van der Waals surface area contributed by atoms with E-state index in [1.165, 1.54) is 30.5 Å². The maximum atomic E-state index is 10.5. The molecule has 2 unspecified atom stereocenters. The molecule has 1 fully saturated rings.